The zero-order chi connectivity index (χ0) is 22.7. The van der Waals surface area contributed by atoms with E-state index in [1.54, 1.807) is 12.1 Å². The molecule has 1 fully saturated rings. The van der Waals surface area contributed by atoms with Crippen molar-refractivity contribution in [2.24, 2.45) is 5.16 Å². The van der Waals surface area contributed by atoms with Crippen LogP contribution < -0.4 is 0 Å². The Labute approximate surface area is 209 Å². The summed E-state index contributed by atoms with van der Waals surface area (Å²) >= 11 is 12.1. The van der Waals surface area contributed by atoms with Gasteiger partial charge < -0.3 is 5.21 Å². The number of halogens is 3. The smallest absolute Gasteiger partial charge is 0.260 e. The van der Waals surface area contributed by atoms with Gasteiger partial charge in [0.2, 0.25) is 0 Å². The molecule has 0 aliphatic carbocycles. The molecule has 1 N–H and O–H groups in total. The molecule has 1 heterocycles. The molecule has 0 spiro atoms. The quantitative estimate of drug-likeness (QED) is 0.192. The molecule has 0 radical (unpaired) electrons. The van der Waals surface area contributed by atoms with E-state index in [0.29, 0.717) is 23.0 Å². The number of nitrogens with zero attached hydrogens (tertiary/aromatic N) is 3. The molecule has 0 amide bonds. The molecule has 0 aromatic heterocycles. The van der Waals surface area contributed by atoms with E-state index in [1.807, 2.05) is 42.5 Å². The van der Waals surface area contributed by atoms with Crippen LogP contribution in [0.3, 0.4) is 0 Å². The summed E-state index contributed by atoms with van der Waals surface area (Å²) in [5.74, 6) is -0.136. The van der Waals surface area contributed by atoms with Gasteiger partial charge in [-0.15, -0.1) is 16.8 Å². The van der Waals surface area contributed by atoms with Gasteiger partial charge >= 0.3 is 0 Å². The maximum atomic E-state index is 13.9. The van der Waals surface area contributed by atoms with E-state index in [1.165, 1.54) is 33.7 Å². The minimum absolute atomic E-state index is 0. The van der Waals surface area contributed by atoms with Crippen molar-refractivity contribution in [1.29, 1.82) is 0 Å². The SMILES string of the molecule is Cl.O=S(=O)(c1ccc(Cl)cc1)N1C(c2ccc(Cl)cc2)C(c2ccccc2)CCN1C=NO. The number of hydrazine groups is 1. The van der Waals surface area contributed by atoms with Gasteiger partial charge in [0, 0.05) is 22.5 Å². The molecular formula is C23H22Cl3N3O3S. The van der Waals surface area contributed by atoms with E-state index in [-0.39, 0.29) is 23.2 Å². The summed E-state index contributed by atoms with van der Waals surface area (Å²) in [6.07, 6.45) is 1.77. The van der Waals surface area contributed by atoms with Crippen LogP contribution in [0.1, 0.15) is 29.5 Å². The van der Waals surface area contributed by atoms with Gasteiger partial charge in [0.1, 0.15) is 6.34 Å². The van der Waals surface area contributed by atoms with Gasteiger partial charge in [0.25, 0.3) is 10.0 Å². The summed E-state index contributed by atoms with van der Waals surface area (Å²) in [6, 6.07) is 22.3. The summed E-state index contributed by atoms with van der Waals surface area (Å²) in [4.78, 5) is 0.0888. The highest BCUT2D eigenvalue weighted by Gasteiger charge is 2.44. The molecule has 33 heavy (non-hydrogen) atoms. The largest absolute Gasteiger partial charge is 0.410 e. The van der Waals surface area contributed by atoms with Crippen LogP contribution in [-0.2, 0) is 10.0 Å². The highest BCUT2D eigenvalue weighted by molar-refractivity contribution is 7.89. The van der Waals surface area contributed by atoms with Crippen LogP contribution in [0.5, 0.6) is 0 Å². The fourth-order valence-corrected chi connectivity index (χ4v) is 6.00. The normalized spacial score (nSPS) is 19.4. The standard InChI is InChI=1S/C23H21Cl2N3O3S.ClH/c24-19-8-6-18(7-9-19)23-22(17-4-2-1-3-5-17)14-15-27(16-26-29)28(23)32(30,31)21-12-10-20(25)11-13-21;/h1-13,16,22-23,29H,14-15H2;1H. The van der Waals surface area contributed by atoms with Crippen LogP contribution in [0.4, 0.5) is 0 Å². The van der Waals surface area contributed by atoms with Crippen LogP contribution in [-0.4, -0.2) is 35.9 Å². The summed E-state index contributed by atoms with van der Waals surface area (Å²) < 4.78 is 29.1. The summed E-state index contributed by atoms with van der Waals surface area (Å²) in [7, 11) is -4.03. The third-order valence-electron chi connectivity index (χ3n) is 5.52. The lowest BCUT2D eigenvalue weighted by Crippen LogP contribution is -2.53. The number of sulfonamides is 1. The Morgan fingerprint density at radius 3 is 2.03 bits per heavy atom. The van der Waals surface area contributed by atoms with Crippen LogP contribution >= 0.6 is 35.6 Å². The van der Waals surface area contributed by atoms with Crippen molar-refractivity contribution >= 4 is 52.0 Å². The molecule has 6 nitrogen and oxygen atoms in total. The van der Waals surface area contributed by atoms with Crippen molar-refractivity contribution in [3.63, 3.8) is 0 Å². The maximum Gasteiger partial charge on any atom is 0.260 e. The molecule has 4 rings (SSSR count). The average Bonchev–Trinajstić information content (AvgIpc) is 2.80. The van der Waals surface area contributed by atoms with E-state index in [2.05, 4.69) is 5.16 Å². The third-order valence-corrected chi connectivity index (χ3v) is 7.82. The molecule has 1 aliphatic rings. The Balaban J connectivity index is 0.00000306. The molecule has 2 unspecified atom stereocenters. The predicted octanol–water partition coefficient (Wildman–Crippen LogP) is 5.97. The minimum Gasteiger partial charge on any atom is -0.410 e. The summed E-state index contributed by atoms with van der Waals surface area (Å²) in [5.41, 5.74) is 1.79. The molecule has 0 bridgehead atoms. The fourth-order valence-electron chi connectivity index (χ4n) is 4.08. The van der Waals surface area contributed by atoms with Crippen LogP contribution in [0.15, 0.2) is 88.9 Å². The molecule has 1 aliphatic heterocycles. The van der Waals surface area contributed by atoms with E-state index >= 15 is 0 Å². The van der Waals surface area contributed by atoms with E-state index in [4.69, 9.17) is 23.2 Å². The lowest BCUT2D eigenvalue weighted by atomic mass is 9.83. The first-order valence-corrected chi connectivity index (χ1v) is 12.2. The van der Waals surface area contributed by atoms with Crippen LogP contribution in [0, 0.1) is 0 Å². The monoisotopic (exact) mass is 525 g/mol. The highest BCUT2D eigenvalue weighted by Crippen LogP contribution is 2.45. The number of benzene rings is 3. The van der Waals surface area contributed by atoms with Crippen molar-refractivity contribution in [2.45, 2.75) is 23.3 Å². The number of hydrogen-bond acceptors (Lipinski definition) is 4. The first-order chi connectivity index (χ1) is 15.4. The van der Waals surface area contributed by atoms with Gasteiger partial charge in [-0.2, -0.15) is 0 Å². The lowest BCUT2D eigenvalue weighted by molar-refractivity contribution is 0.0411. The Morgan fingerprint density at radius 1 is 0.879 bits per heavy atom. The average molecular weight is 527 g/mol. The van der Waals surface area contributed by atoms with Gasteiger partial charge in [-0.3, -0.25) is 5.01 Å². The zero-order valence-electron chi connectivity index (χ0n) is 17.3. The maximum absolute atomic E-state index is 13.9. The molecule has 3 aromatic carbocycles. The van der Waals surface area contributed by atoms with Crippen LogP contribution in [0.2, 0.25) is 10.0 Å². The third kappa shape index (κ3) is 5.28. The topological polar surface area (TPSA) is 73.2 Å². The Hall–Kier alpha value is -2.29. The van der Waals surface area contributed by atoms with E-state index in [9.17, 15) is 13.6 Å². The molecule has 0 saturated carbocycles. The Kier molecular flexibility index (Phi) is 8.26. The van der Waals surface area contributed by atoms with Crippen molar-refractivity contribution in [3.05, 3.63) is 100 Å². The molecule has 1 saturated heterocycles. The zero-order valence-corrected chi connectivity index (χ0v) is 20.5. The van der Waals surface area contributed by atoms with Gasteiger partial charge in [-0.1, -0.05) is 70.8 Å². The Bertz CT molecular complexity index is 1190. The highest BCUT2D eigenvalue weighted by atomic mass is 35.5. The number of oxime groups is 1. The first-order valence-electron chi connectivity index (χ1n) is 9.96. The summed E-state index contributed by atoms with van der Waals surface area (Å²) in [6.45, 7) is 0.348. The van der Waals surface area contributed by atoms with Gasteiger partial charge in [-0.25, -0.2) is 8.42 Å². The number of hydrogen-bond donors (Lipinski definition) is 1. The van der Waals surface area contributed by atoms with Crippen molar-refractivity contribution in [1.82, 2.24) is 9.42 Å². The van der Waals surface area contributed by atoms with Crippen molar-refractivity contribution < 1.29 is 13.6 Å². The van der Waals surface area contributed by atoms with Crippen LogP contribution in [0.25, 0.3) is 0 Å². The van der Waals surface area contributed by atoms with E-state index < -0.39 is 16.1 Å². The second-order valence-electron chi connectivity index (χ2n) is 7.43. The van der Waals surface area contributed by atoms with E-state index in [0.717, 1.165) is 17.5 Å². The molecular weight excluding hydrogens is 505 g/mol. The van der Waals surface area contributed by atoms with Gasteiger partial charge in [-0.05, 0) is 53.9 Å². The molecule has 10 heteroatoms. The van der Waals surface area contributed by atoms with Crippen molar-refractivity contribution in [3.8, 4) is 0 Å². The number of rotatable bonds is 5. The minimum atomic E-state index is -4.03. The second kappa shape index (κ2) is 10.8. The second-order valence-corrected chi connectivity index (χ2v) is 10.1. The first kappa shape index (κ1) is 25.3. The molecule has 2 atom stereocenters. The lowest BCUT2D eigenvalue weighted by Gasteiger charge is -2.46. The molecule has 3 aromatic rings. The fraction of sp³-hybridized carbons (Fsp3) is 0.174. The summed E-state index contributed by atoms with van der Waals surface area (Å²) in [5, 5.41) is 14.8. The molecule has 174 valence electrons. The van der Waals surface area contributed by atoms with Gasteiger partial charge in [0.15, 0.2) is 0 Å². The predicted molar refractivity (Wildman–Crippen MR) is 133 cm³/mol. The van der Waals surface area contributed by atoms with Crippen molar-refractivity contribution in [2.75, 3.05) is 6.54 Å². The Morgan fingerprint density at radius 2 is 1.45 bits per heavy atom. The van der Waals surface area contributed by atoms with Gasteiger partial charge in [0.05, 0.1) is 10.9 Å².